The van der Waals surface area contributed by atoms with E-state index in [0.717, 1.165) is 55.5 Å². The molecule has 9 heteroatoms. The number of aliphatic hydroxyl groups excluding tert-OH is 1. The smallest absolute Gasteiger partial charge is 0.243 e. The maximum Gasteiger partial charge on any atom is 0.243 e. The molecule has 0 spiro atoms. The average molecular weight is 596 g/mol. The normalized spacial score (nSPS) is 16.7. The van der Waals surface area contributed by atoms with E-state index in [-0.39, 0.29) is 41.6 Å². The number of carbonyl (C=O) groups excluding carboxylic acids is 1. The molecule has 0 aliphatic heterocycles. The van der Waals surface area contributed by atoms with Gasteiger partial charge in [-0.3, -0.25) is 9.78 Å². The first-order valence-corrected chi connectivity index (χ1v) is 16.2. The standard InChI is InChI=1S/C33H42FN3O4S/c1-25(2)23-37(42(40,41)28-16-14-27(34)15-17-28)24-30(38)29(21-26-11-5-3-6-12-26)36-32(39)22-33(18-8-4-9-19-33)31-13-7-10-20-35-31/h3,5-7,10-17,20,25,29-30,38H,4,8-9,18-19,21-24H2,1-2H3,(H,36,39). The van der Waals surface area contributed by atoms with Gasteiger partial charge in [0.25, 0.3) is 0 Å². The Hall–Kier alpha value is -3.14. The predicted molar refractivity (Wildman–Crippen MR) is 162 cm³/mol. The maximum absolute atomic E-state index is 13.7. The lowest BCUT2D eigenvalue weighted by molar-refractivity contribution is -0.124. The van der Waals surface area contributed by atoms with E-state index in [9.17, 15) is 22.7 Å². The number of hydrogen-bond donors (Lipinski definition) is 2. The van der Waals surface area contributed by atoms with Gasteiger partial charge in [0.15, 0.2) is 0 Å². The van der Waals surface area contributed by atoms with Crippen molar-refractivity contribution in [2.24, 2.45) is 5.92 Å². The molecule has 42 heavy (non-hydrogen) atoms. The van der Waals surface area contributed by atoms with Crippen LogP contribution in [0.2, 0.25) is 0 Å². The third kappa shape index (κ3) is 8.24. The van der Waals surface area contributed by atoms with Crippen LogP contribution in [0, 0.1) is 11.7 Å². The van der Waals surface area contributed by atoms with Crippen LogP contribution < -0.4 is 5.32 Å². The summed E-state index contributed by atoms with van der Waals surface area (Å²) in [5.41, 5.74) is 1.45. The first kappa shape index (κ1) is 31.8. The number of hydrogen-bond acceptors (Lipinski definition) is 5. The molecule has 2 N–H and O–H groups in total. The van der Waals surface area contributed by atoms with Gasteiger partial charge in [0.05, 0.1) is 17.0 Å². The zero-order valence-corrected chi connectivity index (χ0v) is 25.3. The fraction of sp³-hybridized carbons (Fsp3) is 0.455. The van der Waals surface area contributed by atoms with Crippen LogP contribution in [-0.2, 0) is 26.7 Å². The second kappa shape index (κ2) is 14.4. The summed E-state index contributed by atoms with van der Waals surface area (Å²) in [6, 6.07) is 19.3. The molecule has 4 rings (SSSR count). The number of aliphatic hydroxyl groups is 1. The quantitative estimate of drug-likeness (QED) is 0.281. The molecule has 226 valence electrons. The zero-order valence-electron chi connectivity index (χ0n) is 24.5. The highest BCUT2D eigenvalue weighted by Crippen LogP contribution is 2.41. The van der Waals surface area contributed by atoms with Gasteiger partial charge in [-0.05, 0) is 67.1 Å². The fourth-order valence-electron chi connectivity index (χ4n) is 5.91. The number of aromatic nitrogens is 1. The number of amides is 1. The summed E-state index contributed by atoms with van der Waals surface area (Å²) in [4.78, 5) is 18.3. The number of rotatable bonds is 13. The second-order valence-corrected chi connectivity index (χ2v) is 13.8. The molecule has 7 nitrogen and oxygen atoms in total. The van der Waals surface area contributed by atoms with Crippen LogP contribution in [0.25, 0.3) is 0 Å². The largest absolute Gasteiger partial charge is 0.390 e. The molecular weight excluding hydrogens is 553 g/mol. The van der Waals surface area contributed by atoms with Gasteiger partial charge in [-0.15, -0.1) is 0 Å². The molecule has 1 fully saturated rings. The lowest BCUT2D eigenvalue weighted by Crippen LogP contribution is -2.52. The number of sulfonamides is 1. The first-order valence-electron chi connectivity index (χ1n) is 14.8. The molecule has 1 aromatic heterocycles. The molecule has 0 bridgehead atoms. The van der Waals surface area contributed by atoms with Crippen molar-refractivity contribution in [3.63, 3.8) is 0 Å². The molecule has 2 aromatic carbocycles. The maximum atomic E-state index is 13.7. The van der Waals surface area contributed by atoms with Crippen LogP contribution in [0.15, 0.2) is 83.9 Å². The van der Waals surface area contributed by atoms with E-state index in [1.165, 1.54) is 16.4 Å². The van der Waals surface area contributed by atoms with Crippen molar-refractivity contribution in [3.05, 3.63) is 96.1 Å². The van der Waals surface area contributed by atoms with E-state index in [0.29, 0.717) is 6.42 Å². The summed E-state index contributed by atoms with van der Waals surface area (Å²) in [6.45, 7) is 3.72. The van der Waals surface area contributed by atoms with E-state index in [1.807, 2.05) is 62.4 Å². The SMILES string of the molecule is CC(C)CN(CC(O)C(Cc1ccccc1)NC(=O)CC1(c2ccccn2)CCCCC1)S(=O)(=O)c1ccc(F)cc1. The van der Waals surface area contributed by atoms with Gasteiger partial charge in [-0.2, -0.15) is 4.31 Å². The Balaban J connectivity index is 1.58. The van der Waals surface area contributed by atoms with Crippen molar-refractivity contribution in [2.45, 2.75) is 81.2 Å². The van der Waals surface area contributed by atoms with Crippen molar-refractivity contribution in [2.75, 3.05) is 13.1 Å². The Bertz CT molecular complexity index is 1380. The second-order valence-electron chi connectivity index (χ2n) is 11.8. The van der Waals surface area contributed by atoms with E-state index < -0.39 is 28.0 Å². The van der Waals surface area contributed by atoms with Gasteiger partial charge in [0.2, 0.25) is 15.9 Å². The molecule has 3 aromatic rings. The summed E-state index contributed by atoms with van der Waals surface area (Å²) < 4.78 is 41.9. The summed E-state index contributed by atoms with van der Waals surface area (Å²) in [7, 11) is -4.03. The molecule has 0 radical (unpaired) electrons. The minimum Gasteiger partial charge on any atom is -0.390 e. The molecule has 1 aliphatic carbocycles. The highest BCUT2D eigenvalue weighted by Gasteiger charge is 2.38. The Kier molecular flexibility index (Phi) is 10.9. The zero-order chi connectivity index (χ0) is 30.2. The number of nitrogens with zero attached hydrogens (tertiary/aromatic N) is 2. The predicted octanol–water partition coefficient (Wildman–Crippen LogP) is 5.25. The van der Waals surface area contributed by atoms with Crippen LogP contribution in [0.3, 0.4) is 0 Å². The number of nitrogens with one attached hydrogen (secondary N) is 1. The molecule has 1 heterocycles. The fourth-order valence-corrected chi connectivity index (χ4v) is 7.54. The third-order valence-electron chi connectivity index (χ3n) is 8.04. The highest BCUT2D eigenvalue weighted by atomic mass is 32.2. The van der Waals surface area contributed by atoms with Crippen LogP contribution in [0.4, 0.5) is 4.39 Å². The van der Waals surface area contributed by atoms with Gasteiger partial charge in [-0.1, -0.05) is 69.5 Å². The number of halogens is 1. The highest BCUT2D eigenvalue weighted by molar-refractivity contribution is 7.89. The van der Waals surface area contributed by atoms with Crippen LogP contribution in [0.1, 0.15) is 63.6 Å². The van der Waals surface area contributed by atoms with Crippen molar-refractivity contribution in [1.82, 2.24) is 14.6 Å². The van der Waals surface area contributed by atoms with Crippen molar-refractivity contribution >= 4 is 15.9 Å². The number of pyridine rings is 1. The van der Waals surface area contributed by atoms with Crippen LogP contribution in [-0.4, -0.2) is 54.0 Å². The van der Waals surface area contributed by atoms with E-state index in [4.69, 9.17) is 0 Å². The summed E-state index contributed by atoms with van der Waals surface area (Å²) in [5, 5.41) is 14.6. The Labute approximate surface area is 249 Å². The molecule has 0 saturated heterocycles. The molecule has 1 amide bonds. The van der Waals surface area contributed by atoms with Crippen molar-refractivity contribution < 1.29 is 22.7 Å². The Morgan fingerprint density at radius 2 is 1.64 bits per heavy atom. The summed E-state index contributed by atoms with van der Waals surface area (Å²) in [6.07, 6.45) is 6.03. The van der Waals surface area contributed by atoms with Gasteiger partial charge < -0.3 is 10.4 Å². The van der Waals surface area contributed by atoms with Gasteiger partial charge in [-0.25, -0.2) is 12.8 Å². The minimum absolute atomic E-state index is 0.0286. The molecular formula is C33H42FN3O4S. The Morgan fingerprint density at radius 1 is 0.976 bits per heavy atom. The van der Waals surface area contributed by atoms with E-state index >= 15 is 0 Å². The minimum atomic E-state index is -4.03. The lowest BCUT2D eigenvalue weighted by Gasteiger charge is -2.37. The topological polar surface area (TPSA) is 99.6 Å². The third-order valence-corrected chi connectivity index (χ3v) is 9.88. The number of carbonyl (C=O) groups is 1. The van der Waals surface area contributed by atoms with Crippen molar-refractivity contribution in [3.8, 4) is 0 Å². The average Bonchev–Trinajstić information content (AvgIpc) is 2.98. The number of benzene rings is 2. The first-order chi connectivity index (χ1) is 20.1. The van der Waals surface area contributed by atoms with Gasteiger partial charge in [0, 0.05) is 36.8 Å². The van der Waals surface area contributed by atoms with Crippen LogP contribution >= 0.6 is 0 Å². The Morgan fingerprint density at radius 3 is 2.26 bits per heavy atom. The molecule has 1 saturated carbocycles. The van der Waals surface area contributed by atoms with Crippen LogP contribution in [0.5, 0.6) is 0 Å². The monoisotopic (exact) mass is 595 g/mol. The van der Waals surface area contributed by atoms with Gasteiger partial charge >= 0.3 is 0 Å². The van der Waals surface area contributed by atoms with E-state index in [2.05, 4.69) is 10.3 Å². The molecule has 2 unspecified atom stereocenters. The van der Waals surface area contributed by atoms with E-state index in [1.54, 1.807) is 6.20 Å². The summed E-state index contributed by atoms with van der Waals surface area (Å²) >= 11 is 0. The van der Waals surface area contributed by atoms with Gasteiger partial charge in [0.1, 0.15) is 5.82 Å². The molecule has 1 aliphatic rings. The lowest BCUT2D eigenvalue weighted by atomic mass is 9.69. The molecule has 2 atom stereocenters. The summed E-state index contributed by atoms with van der Waals surface area (Å²) in [5.74, 6) is -0.755. The van der Waals surface area contributed by atoms with Crippen molar-refractivity contribution in [1.29, 1.82) is 0 Å².